The average Bonchev–Trinajstić information content (AvgIpc) is 3.07. The van der Waals surface area contributed by atoms with Crippen LogP contribution in [0.25, 0.3) is 21.9 Å². The number of carbonyl (C=O) groups excluding carboxylic acids is 2. The van der Waals surface area contributed by atoms with E-state index in [1.165, 1.54) is 17.0 Å². The summed E-state index contributed by atoms with van der Waals surface area (Å²) in [4.78, 5) is 53.9. The average molecular weight is 651 g/mol. The molecule has 0 fully saturated rings. The standard InChI is InChI=1S/C37H35FN4O6/c1-22-6-4-5-7-29(22)23(2)21-48-37(47)41-28-11-12-30(32-17-25(36(45)46)9-13-33(32)38)26(16-28)20-42(3)34(43)19-40-27-10-8-24-14-15-39-35(44)31(24)18-27/h4-18,23,40H,19-21H2,1-3H3,(H,39,44)(H,41,47)(H,45,46). The number of rotatable bonds is 11. The number of likely N-dealkylation sites (N-methyl/N-ethyl adjacent to an activating group) is 1. The molecule has 0 aliphatic rings. The summed E-state index contributed by atoms with van der Waals surface area (Å²) in [6.07, 6.45) is 0.880. The Morgan fingerprint density at radius 1 is 0.958 bits per heavy atom. The molecule has 0 saturated heterocycles. The summed E-state index contributed by atoms with van der Waals surface area (Å²) in [5, 5.41) is 16.5. The van der Waals surface area contributed by atoms with Crippen LogP contribution in [-0.2, 0) is 16.1 Å². The van der Waals surface area contributed by atoms with E-state index in [1.54, 1.807) is 55.7 Å². The molecule has 1 heterocycles. The van der Waals surface area contributed by atoms with E-state index in [-0.39, 0.29) is 48.2 Å². The number of aryl methyl sites for hydroxylation is 1. The van der Waals surface area contributed by atoms with Crippen LogP contribution in [0.5, 0.6) is 0 Å². The van der Waals surface area contributed by atoms with Crippen LogP contribution in [0, 0.1) is 12.7 Å². The van der Waals surface area contributed by atoms with Crippen molar-refractivity contribution in [2.45, 2.75) is 26.3 Å². The maximum atomic E-state index is 15.1. The van der Waals surface area contributed by atoms with Crippen molar-refractivity contribution >= 4 is 40.1 Å². The lowest BCUT2D eigenvalue weighted by molar-refractivity contribution is -0.128. The van der Waals surface area contributed by atoms with Gasteiger partial charge in [-0.15, -0.1) is 0 Å². The van der Waals surface area contributed by atoms with Crippen molar-refractivity contribution in [3.8, 4) is 11.1 Å². The van der Waals surface area contributed by atoms with Crippen LogP contribution in [0.3, 0.4) is 0 Å². The Morgan fingerprint density at radius 3 is 2.50 bits per heavy atom. The molecule has 0 bridgehead atoms. The summed E-state index contributed by atoms with van der Waals surface area (Å²) < 4.78 is 20.6. The number of fused-ring (bicyclic) bond motifs is 1. The second-order valence-corrected chi connectivity index (χ2v) is 11.6. The van der Waals surface area contributed by atoms with Gasteiger partial charge in [-0.2, -0.15) is 0 Å². The van der Waals surface area contributed by atoms with Gasteiger partial charge in [-0.25, -0.2) is 14.0 Å². The third kappa shape index (κ3) is 7.87. The maximum Gasteiger partial charge on any atom is 0.411 e. The molecule has 10 nitrogen and oxygen atoms in total. The Labute approximate surface area is 276 Å². The number of carboxylic acid groups (broad SMARTS) is 1. The van der Waals surface area contributed by atoms with Crippen molar-refractivity contribution in [2.24, 2.45) is 0 Å². The van der Waals surface area contributed by atoms with Crippen molar-refractivity contribution in [3.63, 3.8) is 0 Å². The van der Waals surface area contributed by atoms with Gasteiger partial charge in [0, 0.05) is 48.0 Å². The summed E-state index contributed by atoms with van der Waals surface area (Å²) in [6, 6.07) is 23.0. The predicted molar refractivity (Wildman–Crippen MR) is 183 cm³/mol. The van der Waals surface area contributed by atoms with Gasteiger partial charge in [0.1, 0.15) is 5.82 Å². The fourth-order valence-corrected chi connectivity index (χ4v) is 5.46. The van der Waals surface area contributed by atoms with Crippen molar-refractivity contribution in [1.82, 2.24) is 9.88 Å². The summed E-state index contributed by atoms with van der Waals surface area (Å²) in [5.74, 6) is -2.21. The van der Waals surface area contributed by atoms with E-state index in [4.69, 9.17) is 4.74 Å². The number of hydrogen-bond acceptors (Lipinski definition) is 6. The van der Waals surface area contributed by atoms with Gasteiger partial charge >= 0.3 is 12.1 Å². The summed E-state index contributed by atoms with van der Waals surface area (Å²) in [6.45, 7) is 4.00. The molecule has 5 aromatic rings. The number of nitrogens with zero attached hydrogens (tertiary/aromatic N) is 1. The molecule has 5 rings (SSSR count). The first kappa shape index (κ1) is 33.4. The Kier molecular flexibility index (Phi) is 10.2. The number of carboxylic acids is 1. The van der Waals surface area contributed by atoms with E-state index < -0.39 is 17.9 Å². The number of hydrogen-bond donors (Lipinski definition) is 4. The first-order valence-corrected chi connectivity index (χ1v) is 15.2. The molecule has 1 aromatic heterocycles. The van der Waals surface area contributed by atoms with E-state index in [0.29, 0.717) is 27.9 Å². The monoisotopic (exact) mass is 650 g/mol. The number of anilines is 2. The van der Waals surface area contributed by atoms with Crippen molar-refractivity contribution in [1.29, 1.82) is 0 Å². The quantitative estimate of drug-likeness (QED) is 0.124. The molecule has 0 saturated carbocycles. The van der Waals surface area contributed by atoms with Gasteiger partial charge in [0.25, 0.3) is 5.56 Å². The molecule has 0 aliphatic heterocycles. The number of benzene rings is 4. The van der Waals surface area contributed by atoms with Crippen LogP contribution in [0.1, 0.15) is 39.9 Å². The second kappa shape index (κ2) is 14.6. The number of aromatic nitrogens is 1. The number of H-pyrrole nitrogens is 1. The second-order valence-electron chi connectivity index (χ2n) is 11.6. The number of nitrogens with one attached hydrogen (secondary N) is 3. The largest absolute Gasteiger partial charge is 0.478 e. The normalized spacial score (nSPS) is 11.5. The highest BCUT2D eigenvalue weighted by molar-refractivity contribution is 5.91. The number of ether oxygens (including phenoxy) is 1. The Hall–Kier alpha value is -5.97. The SMILES string of the molecule is Cc1ccccc1C(C)COC(=O)Nc1ccc(-c2cc(C(=O)O)ccc2F)c(CN(C)C(=O)CNc2ccc3cc[nH]c(=O)c3c2)c1. The number of halogens is 1. The molecule has 246 valence electrons. The van der Waals surface area contributed by atoms with Crippen molar-refractivity contribution in [2.75, 3.05) is 30.8 Å². The minimum atomic E-state index is -1.21. The van der Waals surface area contributed by atoms with E-state index in [0.717, 1.165) is 22.6 Å². The van der Waals surface area contributed by atoms with E-state index in [2.05, 4.69) is 15.6 Å². The fourth-order valence-electron chi connectivity index (χ4n) is 5.46. The van der Waals surface area contributed by atoms with Crippen LogP contribution < -0.4 is 16.2 Å². The topological polar surface area (TPSA) is 141 Å². The lowest BCUT2D eigenvalue weighted by Gasteiger charge is -2.21. The lowest BCUT2D eigenvalue weighted by atomic mass is 9.96. The van der Waals surface area contributed by atoms with Gasteiger partial charge in [0.05, 0.1) is 18.7 Å². The highest BCUT2D eigenvalue weighted by Crippen LogP contribution is 2.31. The van der Waals surface area contributed by atoms with Crippen LogP contribution in [0.2, 0.25) is 0 Å². The minimum Gasteiger partial charge on any atom is -0.478 e. The molecular formula is C37H35FN4O6. The zero-order valence-electron chi connectivity index (χ0n) is 26.7. The molecule has 0 radical (unpaired) electrons. The van der Waals surface area contributed by atoms with Crippen LogP contribution in [0.15, 0.2) is 95.9 Å². The predicted octanol–water partition coefficient (Wildman–Crippen LogP) is 6.76. The number of aromatic amines is 1. The summed E-state index contributed by atoms with van der Waals surface area (Å²) in [5.41, 5.74) is 3.58. The number of aromatic carboxylic acids is 1. The van der Waals surface area contributed by atoms with Crippen molar-refractivity contribution < 1.29 is 28.6 Å². The number of carbonyl (C=O) groups is 3. The molecule has 1 unspecified atom stereocenters. The molecule has 1 atom stereocenters. The Balaban J connectivity index is 1.34. The van der Waals surface area contributed by atoms with E-state index in [9.17, 15) is 24.3 Å². The van der Waals surface area contributed by atoms with E-state index >= 15 is 4.39 Å². The van der Waals surface area contributed by atoms with Gasteiger partial charge in [-0.05, 0) is 83.1 Å². The summed E-state index contributed by atoms with van der Waals surface area (Å²) >= 11 is 0. The van der Waals surface area contributed by atoms with Gasteiger partial charge < -0.3 is 25.0 Å². The third-order valence-corrected chi connectivity index (χ3v) is 8.09. The van der Waals surface area contributed by atoms with Crippen molar-refractivity contribution in [3.05, 3.63) is 130 Å². The van der Waals surface area contributed by atoms with Gasteiger partial charge in [-0.3, -0.25) is 14.9 Å². The molecular weight excluding hydrogens is 615 g/mol. The zero-order chi connectivity index (χ0) is 34.4. The first-order valence-electron chi connectivity index (χ1n) is 15.2. The molecule has 4 N–H and O–H groups in total. The molecule has 0 aliphatic carbocycles. The Morgan fingerprint density at radius 2 is 1.73 bits per heavy atom. The van der Waals surface area contributed by atoms with Crippen LogP contribution in [-0.4, -0.2) is 53.2 Å². The van der Waals surface area contributed by atoms with E-state index in [1.807, 2.05) is 38.1 Å². The van der Waals surface area contributed by atoms with Gasteiger partial charge in [-0.1, -0.05) is 43.3 Å². The summed E-state index contributed by atoms with van der Waals surface area (Å²) in [7, 11) is 1.57. The molecule has 2 amide bonds. The highest BCUT2D eigenvalue weighted by atomic mass is 19.1. The van der Waals surface area contributed by atoms with Gasteiger partial charge in [0.2, 0.25) is 5.91 Å². The Bertz CT molecular complexity index is 2060. The molecule has 4 aromatic carbocycles. The zero-order valence-corrected chi connectivity index (χ0v) is 26.7. The van der Waals surface area contributed by atoms with Crippen LogP contribution in [0.4, 0.5) is 20.6 Å². The highest BCUT2D eigenvalue weighted by Gasteiger charge is 2.19. The maximum absolute atomic E-state index is 15.1. The molecule has 11 heteroatoms. The number of amides is 2. The first-order chi connectivity index (χ1) is 23.0. The van der Waals surface area contributed by atoms with Crippen LogP contribution >= 0.6 is 0 Å². The molecule has 48 heavy (non-hydrogen) atoms. The number of pyridine rings is 1. The lowest BCUT2D eigenvalue weighted by Crippen LogP contribution is -2.32. The smallest absolute Gasteiger partial charge is 0.411 e. The minimum absolute atomic E-state index is 0.00113. The fraction of sp³-hybridized carbons (Fsp3) is 0.189. The third-order valence-electron chi connectivity index (χ3n) is 8.09. The van der Waals surface area contributed by atoms with Gasteiger partial charge in [0.15, 0.2) is 0 Å². The molecule has 0 spiro atoms.